The fourth-order valence-corrected chi connectivity index (χ4v) is 18.4. The van der Waals surface area contributed by atoms with Gasteiger partial charge in [0.2, 0.25) is 0 Å². The minimum atomic E-state index is -0.195. The van der Waals surface area contributed by atoms with Gasteiger partial charge in [0.05, 0.1) is 67.7 Å². The Bertz CT molecular complexity index is 6590. The number of aromatic amines is 4. The van der Waals surface area contributed by atoms with Crippen molar-refractivity contribution in [3.8, 4) is 78.6 Å². The second-order valence-electron chi connectivity index (χ2n) is 51.0. The first kappa shape index (κ1) is 95.2. The molecule has 6 aromatic carbocycles. The highest BCUT2D eigenvalue weighted by Crippen LogP contribution is 2.49. The Labute approximate surface area is 801 Å². The second-order valence-corrected chi connectivity index (χ2v) is 51.0. The van der Waals surface area contributed by atoms with Crippen LogP contribution in [0.5, 0.6) is 0 Å². The number of nitrogens with zero attached hydrogens (tertiary/aromatic N) is 4. The lowest BCUT2D eigenvalue weighted by Gasteiger charge is -2.26. The molecule has 4 aliphatic heterocycles. The van der Waals surface area contributed by atoms with E-state index in [2.05, 4.69) is 487 Å². The zero-order chi connectivity index (χ0) is 97.4. The van der Waals surface area contributed by atoms with Crippen LogP contribution in [0.1, 0.15) is 373 Å². The molecule has 134 heavy (non-hydrogen) atoms. The maximum atomic E-state index is 6.02. The maximum Gasteiger partial charge on any atom is 0.0815 e. The van der Waals surface area contributed by atoms with Gasteiger partial charge in [-0.1, -0.05) is 370 Å². The van der Waals surface area contributed by atoms with E-state index >= 15 is 0 Å². The van der Waals surface area contributed by atoms with E-state index in [-0.39, 0.29) is 65.0 Å². The average molecular weight is 1770 g/mol. The molecule has 6 aromatic heterocycles. The number of fused-ring (bicyclic) bond motifs is 16. The summed E-state index contributed by atoms with van der Waals surface area (Å²) in [5.41, 5.74) is 40.2. The third-order valence-corrected chi connectivity index (χ3v) is 27.5. The van der Waals surface area contributed by atoms with Gasteiger partial charge in [0.1, 0.15) is 0 Å². The summed E-state index contributed by atoms with van der Waals surface area (Å²) in [6.07, 6.45) is 17.8. The van der Waals surface area contributed by atoms with Crippen molar-refractivity contribution in [2.24, 2.45) is 0 Å². The van der Waals surface area contributed by atoms with Gasteiger partial charge in [0.25, 0.3) is 0 Å². The SMILES string of the molecule is CC(C)(C)c1cc(-c2c3nc(c(-c4cc(C(C)(C)C)cc(C(C)(C)C)c4)c4ccc([nH]4)c(-c4cc(C(C)(C)C)cc(C(C)(C)C)c4)c4nc(c(C#Cc5c6nc(c(-c7cc(C(C)(C)C)cc(C(C)(C)C)c7)c7ccc([nH]7)c(-c7cc(C(C)(C)C)cc(C(C)(C)C)c7)c7nc(c(-c8cc(C(C)(C)C)cc(C(C)(C)C)c8)c8ccc5[nH]8)C=C7)C=C6)c5ccc2[nH]5)C=C4)C=C3)cc(C(C)(C)C)c1. The quantitative estimate of drug-likeness (QED) is 0.124. The van der Waals surface area contributed by atoms with Crippen molar-refractivity contribution in [3.05, 3.63) is 281 Å². The molecule has 8 heteroatoms. The van der Waals surface area contributed by atoms with E-state index in [0.717, 1.165) is 145 Å². The van der Waals surface area contributed by atoms with E-state index in [1.807, 2.05) is 0 Å². The number of benzene rings is 6. The Morgan fingerprint density at radius 3 is 0.418 bits per heavy atom. The number of H-pyrrole nitrogens is 4. The molecule has 0 fully saturated rings. The number of aromatic nitrogens is 8. The summed E-state index contributed by atoms with van der Waals surface area (Å²) in [6, 6.07) is 61.4. The fraction of sp³-hybridized carbons (Fsp3) is 0.381. The molecule has 0 unspecified atom stereocenters. The van der Waals surface area contributed by atoms with Crippen LogP contribution >= 0.6 is 0 Å². The van der Waals surface area contributed by atoms with Crippen LogP contribution in [0.25, 0.3) is 160 Å². The Morgan fingerprint density at radius 1 is 0.157 bits per heavy atom. The molecule has 4 N–H and O–H groups in total. The van der Waals surface area contributed by atoms with Crippen molar-refractivity contribution in [2.75, 3.05) is 0 Å². The molecule has 0 amide bonds. The highest BCUT2D eigenvalue weighted by molar-refractivity contribution is 6.02. The van der Waals surface area contributed by atoms with Gasteiger partial charge in [-0.15, -0.1) is 0 Å². The normalized spacial score (nSPS) is 13.8. The first-order chi connectivity index (χ1) is 61.9. The lowest BCUT2D eigenvalue weighted by molar-refractivity contribution is 0.568. The molecular formula is C126H146N8. The molecule has 690 valence electrons. The van der Waals surface area contributed by atoms with Gasteiger partial charge in [-0.25, -0.2) is 19.9 Å². The van der Waals surface area contributed by atoms with Crippen LogP contribution in [0.3, 0.4) is 0 Å². The van der Waals surface area contributed by atoms with Crippen LogP contribution < -0.4 is 0 Å². The minimum Gasteiger partial charge on any atom is -0.354 e. The van der Waals surface area contributed by atoms with Gasteiger partial charge < -0.3 is 19.9 Å². The fourth-order valence-electron chi connectivity index (χ4n) is 18.4. The number of nitrogens with one attached hydrogen (secondary N) is 4. The monoisotopic (exact) mass is 1770 g/mol. The summed E-state index contributed by atoms with van der Waals surface area (Å²) >= 11 is 0. The Morgan fingerprint density at radius 2 is 0.276 bits per heavy atom. The van der Waals surface area contributed by atoms with Gasteiger partial charge >= 0.3 is 0 Å². The van der Waals surface area contributed by atoms with E-state index < -0.39 is 0 Å². The number of hydrogen-bond acceptors (Lipinski definition) is 4. The van der Waals surface area contributed by atoms with E-state index in [0.29, 0.717) is 22.5 Å². The molecule has 0 saturated carbocycles. The third-order valence-electron chi connectivity index (χ3n) is 27.5. The molecular weight excluding hydrogens is 1630 g/mol. The van der Waals surface area contributed by atoms with Gasteiger partial charge in [-0.3, -0.25) is 0 Å². The predicted molar refractivity (Wildman–Crippen MR) is 581 cm³/mol. The van der Waals surface area contributed by atoms with Crippen molar-refractivity contribution < 1.29 is 0 Å². The van der Waals surface area contributed by atoms with Crippen molar-refractivity contribution in [1.29, 1.82) is 0 Å². The Balaban J connectivity index is 1.10. The molecule has 16 bridgehead atoms. The maximum absolute atomic E-state index is 6.02. The standard InChI is InChI=1S/C126H146N8/c1-115(2,3)79-55-73(56-80(67-79)116(4,5)6)109-97-43-39-93(127-97)91(94-40-44-98(128-94)110(74-57-81(117(7,8)9)68-82(58-74)118(10,11)12)102-48-52-106(132-102)113(105-51-47-101(109)131-105)77-63-87(123(25,26)27)71-88(64-77)124(28,29)30)37-38-92-95-41-45-99(129-95)111(75-59-83(119(13,14)15)69-84(60-75)120(16,17)18)103-49-53-107(133-103)114(78-65-89(125(31,32)33)72-90(66-78)126(34,35)36)108-54-50-104(134-108)112(100-46-42-96(92)130-100)76-61-85(121(19,20)21)70-86(62-76)122(22,23)24/h39-72,127,129,132,134H,1-36H3. The van der Waals surface area contributed by atoms with E-state index in [1.54, 1.807) is 0 Å². The average Bonchev–Trinajstić information content (AvgIpc) is 1.59. The lowest BCUT2D eigenvalue weighted by Crippen LogP contribution is -2.16. The molecule has 16 rings (SSSR count). The van der Waals surface area contributed by atoms with Crippen molar-refractivity contribution in [2.45, 2.75) is 314 Å². The molecule has 0 aliphatic carbocycles. The van der Waals surface area contributed by atoms with Crippen LogP contribution in [-0.4, -0.2) is 39.9 Å². The zero-order valence-corrected chi connectivity index (χ0v) is 87.4. The summed E-state index contributed by atoms with van der Waals surface area (Å²) in [4.78, 5) is 40.8. The van der Waals surface area contributed by atoms with Crippen LogP contribution in [-0.2, 0) is 65.0 Å². The Hall–Kier alpha value is -11.9. The third kappa shape index (κ3) is 19.3. The number of hydrogen-bond donors (Lipinski definition) is 4. The summed E-state index contributed by atoms with van der Waals surface area (Å²) in [5, 5.41) is 0. The molecule has 8 nitrogen and oxygen atoms in total. The molecule has 0 saturated heterocycles. The predicted octanol–water partition coefficient (Wildman–Crippen LogP) is 34.6. The van der Waals surface area contributed by atoms with E-state index in [9.17, 15) is 0 Å². The number of rotatable bonds is 6. The first-order valence-electron chi connectivity index (χ1n) is 48.7. The summed E-state index contributed by atoms with van der Waals surface area (Å²) in [7, 11) is 0. The summed E-state index contributed by atoms with van der Waals surface area (Å²) in [6.45, 7) is 83.7. The Kier molecular flexibility index (Phi) is 23.4. The van der Waals surface area contributed by atoms with E-state index in [1.165, 1.54) is 66.8 Å². The van der Waals surface area contributed by atoms with Crippen molar-refractivity contribution >= 4 is 92.7 Å². The highest BCUT2D eigenvalue weighted by atomic mass is 14.8. The largest absolute Gasteiger partial charge is 0.354 e. The smallest absolute Gasteiger partial charge is 0.0815 e. The molecule has 12 aromatic rings. The van der Waals surface area contributed by atoms with Gasteiger partial charge in [0, 0.05) is 66.5 Å². The van der Waals surface area contributed by atoms with Crippen LogP contribution in [0, 0.1) is 11.8 Å². The molecule has 0 spiro atoms. The molecule has 10 heterocycles. The lowest BCUT2D eigenvalue weighted by atomic mass is 9.78. The highest BCUT2D eigenvalue weighted by Gasteiger charge is 2.33. The summed E-state index contributed by atoms with van der Waals surface area (Å²) in [5.74, 6) is 8.08. The second kappa shape index (κ2) is 33.0. The molecule has 0 radical (unpaired) electrons. The summed E-state index contributed by atoms with van der Waals surface area (Å²) < 4.78 is 0. The topological polar surface area (TPSA) is 115 Å². The van der Waals surface area contributed by atoms with Crippen molar-refractivity contribution in [3.63, 3.8) is 0 Å². The van der Waals surface area contributed by atoms with E-state index in [4.69, 9.17) is 19.9 Å². The van der Waals surface area contributed by atoms with Crippen LogP contribution in [0.2, 0.25) is 0 Å². The minimum absolute atomic E-state index is 0.164. The molecule has 0 atom stereocenters. The van der Waals surface area contributed by atoms with Gasteiger partial charge in [-0.05, 0) is 262 Å². The zero-order valence-electron chi connectivity index (χ0n) is 87.4. The molecule has 4 aliphatic rings. The van der Waals surface area contributed by atoms with Crippen molar-refractivity contribution in [1.82, 2.24) is 39.9 Å². The van der Waals surface area contributed by atoms with Crippen LogP contribution in [0.15, 0.2) is 158 Å². The first-order valence-corrected chi connectivity index (χ1v) is 48.7. The van der Waals surface area contributed by atoms with Gasteiger partial charge in [0.15, 0.2) is 0 Å². The van der Waals surface area contributed by atoms with Gasteiger partial charge in [-0.2, -0.15) is 0 Å². The van der Waals surface area contributed by atoms with Crippen LogP contribution in [0.4, 0.5) is 0 Å².